The number of carbonyl (C=O) groups excluding carboxylic acids is 1. The van der Waals surface area contributed by atoms with Crippen molar-refractivity contribution in [3.05, 3.63) is 58.1 Å². The van der Waals surface area contributed by atoms with Crippen LogP contribution >= 0.6 is 23.2 Å². The Balaban J connectivity index is 1.85. The highest BCUT2D eigenvalue weighted by Gasteiger charge is 2.06. The molecule has 22 heavy (non-hydrogen) atoms. The minimum atomic E-state index is -0.142. The van der Waals surface area contributed by atoms with Crippen LogP contribution in [0, 0.1) is 0 Å². The van der Waals surface area contributed by atoms with E-state index in [2.05, 4.69) is 10.6 Å². The number of ether oxygens (including phenoxy) is 1. The topological polar surface area (TPSA) is 50.4 Å². The zero-order chi connectivity index (χ0) is 15.9. The molecule has 0 atom stereocenters. The summed E-state index contributed by atoms with van der Waals surface area (Å²) >= 11 is 11.9. The van der Waals surface area contributed by atoms with Gasteiger partial charge in [-0.1, -0.05) is 41.4 Å². The second-order valence-corrected chi connectivity index (χ2v) is 5.41. The Kier molecular flexibility index (Phi) is 5.92. The third-order valence-corrected chi connectivity index (χ3v) is 3.62. The van der Waals surface area contributed by atoms with Gasteiger partial charge in [0, 0.05) is 16.6 Å². The molecule has 2 aromatic carbocycles. The smallest absolute Gasteiger partial charge is 0.239 e. The molecular formula is C16H16Cl2N2O2. The van der Waals surface area contributed by atoms with Crippen LogP contribution < -0.4 is 15.4 Å². The van der Waals surface area contributed by atoms with Crippen molar-refractivity contribution in [2.45, 2.75) is 6.54 Å². The SMILES string of the molecule is COc1ccccc1NCC(=O)NCc1ccc(Cl)cc1Cl. The van der Waals surface area contributed by atoms with Gasteiger partial charge in [0.2, 0.25) is 5.91 Å². The van der Waals surface area contributed by atoms with E-state index in [-0.39, 0.29) is 12.5 Å². The van der Waals surface area contributed by atoms with Crippen LogP contribution in [0.5, 0.6) is 5.75 Å². The normalized spacial score (nSPS) is 10.1. The summed E-state index contributed by atoms with van der Waals surface area (Å²) in [5.41, 5.74) is 1.58. The molecule has 0 heterocycles. The number of rotatable bonds is 6. The first-order valence-corrected chi connectivity index (χ1v) is 7.43. The molecule has 4 nitrogen and oxygen atoms in total. The summed E-state index contributed by atoms with van der Waals surface area (Å²) in [5, 5.41) is 6.93. The number of hydrogen-bond donors (Lipinski definition) is 2. The van der Waals surface area contributed by atoms with Gasteiger partial charge in [-0.05, 0) is 29.8 Å². The molecule has 2 aromatic rings. The van der Waals surface area contributed by atoms with Gasteiger partial charge in [-0.3, -0.25) is 4.79 Å². The third-order valence-electron chi connectivity index (χ3n) is 3.04. The van der Waals surface area contributed by atoms with Gasteiger partial charge in [0.15, 0.2) is 0 Å². The van der Waals surface area contributed by atoms with Crippen molar-refractivity contribution in [1.82, 2.24) is 5.32 Å². The monoisotopic (exact) mass is 338 g/mol. The van der Waals surface area contributed by atoms with Crippen LogP contribution in [0.4, 0.5) is 5.69 Å². The molecule has 1 amide bonds. The molecule has 0 saturated carbocycles. The van der Waals surface area contributed by atoms with Crippen LogP contribution in [0.2, 0.25) is 10.0 Å². The van der Waals surface area contributed by atoms with Crippen molar-refractivity contribution in [3.8, 4) is 5.75 Å². The lowest BCUT2D eigenvalue weighted by Gasteiger charge is -2.11. The van der Waals surface area contributed by atoms with E-state index in [0.29, 0.717) is 22.3 Å². The third kappa shape index (κ3) is 4.55. The lowest BCUT2D eigenvalue weighted by Crippen LogP contribution is -2.29. The Bertz CT molecular complexity index is 662. The van der Waals surface area contributed by atoms with Gasteiger partial charge >= 0.3 is 0 Å². The zero-order valence-electron chi connectivity index (χ0n) is 12.0. The molecule has 2 N–H and O–H groups in total. The summed E-state index contributed by atoms with van der Waals surface area (Å²) in [5.74, 6) is 0.549. The van der Waals surface area contributed by atoms with Gasteiger partial charge in [-0.15, -0.1) is 0 Å². The molecule has 0 saturated heterocycles. The summed E-state index contributed by atoms with van der Waals surface area (Å²) in [6.07, 6.45) is 0. The predicted molar refractivity (Wildman–Crippen MR) is 89.8 cm³/mol. The Morgan fingerprint density at radius 3 is 2.68 bits per heavy atom. The average Bonchev–Trinajstić information content (AvgIpc) is 2.52. The maximum Gasteiger partial charge on any atom is 0.239 e. The minimum Gasteiger partial charge on any atom is -0.495 e. The lowest BCUT2D eigenvalue weighted by molar-refractivity contribution is -0.119. The number of hydrogen-bond acceptors (Lipinski definition) is 3. The highest BCUT2D eigenvalue weighted by Crippen LogP contribution is 2.23. The molecule has 0 bridgehead atoms. The number of benzene rings is 2. The van der Waals surface area contributed by atoms with Crippen LogP contribution in [0.3, 0.4) is 0 Å². The number of anilines is 1. The number of amides is 1. The van der Waals surface area contributed by atoms with E-state index in [9.17, 15) is 4.79 Å². The molecule has 0 unspecified atom stereocenters. The summed E-state index contributed by atoms with van der Waals surface area (Å²) < 4.78 is 5.21. The molecule has 0 aliphatic carbocycles. The average molecular weight is 339 g/mol. The molecule has 2 rings (SSSR count). The van der Waals surface area contributed by atoms with Crippen LogP contribution in [0.1, 0.15) is 5.56 Å². The van der Waals surface area contributed by atoms with Gasteiger partial charge < -0.3 is 15.4 Å². The molecule has 0 aliphatic rings. The summed E-state index contributed by atoms with van der Waals surface area (Å²) in [6.45, 7) is 0.494. The number of para-hydroxylation sites is 2. The van der Waals surface area contributed by atoms with Crippen molar-refractivity contribution in [2.24, 2.45) is 0 Å². The van der Waals surface area contributed by atoms with Gasteiger partial charge in [0.25, 0.3) is 0 Å². The molecule has 0 fully saturated rings. The fourth-order valence-electron chi connectivity index (χ4n) is 1.89. The molecule has 6 heteroatoms. The van der Waals surface area contributed by atoms with Gasteiger partial charge in [-0.2, -0.15) is 0 Å². The fourth-order valence-corrected chi connectivity index (χ4v) is 2.36. The molecule has 0 aromatic heterocycles. The van der Waals surface area contributed by atoms with E-state index in [1.807, 2.05) is 24.3 Å². The maximum atomic E-state index is 11.9. The number of carbonyl (C=O) groups is 1. The van der Waals surface area contributed by atoms with Crippen LogP contribution in [-0.4, -0.2) is 19.6 Å². The lowest BCUT2D eigenvalue weighted by atomic mass is 10.2. The second-order valence-electron chi connectivity index (χ2n) is 4.57. The number of nitrogens with one attached hydrogen (secondary N) is 2. The summed E-state index contributed by atoms with van der Waals surface area (Å²) in [6, 6.07) is 12.6. The van der Waals surface area contributed by atoms with Gasteiger partial charge in [0.1, 0.15) is 5.75 Å². The number of halogens is 2. The minimum absolute atomic E-state index is 0.142. The fraction of sp³-hybridized carbons (Fsp3) is 0.188. The highest BCUT2D eigenvalue weighted by molar-refractivity contribution is 6.35. The first-order chi connectivity index (χ1) is 10.6. The standard InChI is InChI=1S/C16H16Cl2N2O2/c1-22-15-5-3-2-4-14(15)19-10-16(21)20-9-11-6-7-12(17)8-13(11)18/h2-8,19H,9-10H2,1H3,(H,20,21). The molecule has 0 aliphatic heterocycles. The summed E-state index contributed by atoms with van der Waals surface area (Å²) in [7, 11) is 1.59. The Hall–Kier alpha value is -1.91. The molecule has 0 spiro atoms. The van der Waals surface area contributed by atoms with Gasteiger partial charge in [-0.25, -0.2) is 0 Å². The number of methoxy groups -OCH3 is 1. The van der Waals surface area contributed by atoms with Crippen LogP contribution in [0.25, 0.3) is 0 Å². The Morgan fingerprint density at radius 2 is 1.95 bits per heavy atom. The van der Waals surface area contributed by atoms with Crippen LogP contribution in [0.15, 0.2) is 42.5 Å². The van der Waals surface area contributed by atoms with E-state index in [0.717, 1.165) is 11.3 Å². The van der Waals surface area contributed by atoms with Crippen molar-refractivity contribution in [3.63, 3.8) is 0 Å². The Labute approximate surface area is 139 Å². The van der Waals surface area contributed by atoms with E-state index in [1.54, 1.807) is 25.3 Å². The van der Waals surface area contributed by atoms with E-state index in [1.165, 1.54) is 0 Å². The van der Waals surface area contributed by atoms with E-state index < -0.39 is 0 Å². The van der Waals surface area contributed by atoms with Crippen molar-refractivity contribution >= 4 is 34.8 Å². The molecular weight excluding hydrogens is 323 g/mol. The maximum absolute atomic E-state index is 11.9. The highest BCUT2D eigenvalue weighted by atomic mass is 35.5. The predicted octanol–water partition coefficient (Wildman–Crippen LogP) is 3.73. The zero-order valence-corrected chi connectivity index (χ0v) is 13.5. The quantitative estimate of drug-likeness (QED) is 0.843. The van der Waals surface area contributed by atoms with Crippen LogP contribution in [-0.2, 0) is 11.3 Å². The second kappa shape index (κ2) is 7.92. The molecule has 116 valence electrons. The molecule has 0 radical (unpaired) electrons. The van der Waals surface area contributed by atoms with Crippen molar-refractivity contribution < 1.29 is 9.53 Å². The van der Waals surface area contributed by atoms with E-state index >= 15 is 0 Å². The van der Waals surface area contributed by atoms with Crippen molar-refractivity contribution in [1.29, 1.82) is 0 Å². The first-order valence-electron chi connectivity index (χ1n) is 6.67. The van der Waals surface area contributed by atoms with E-state index in [4.69, 9.17) is 27.9 Å². The summed E-state index contributed by atoms with van der Waals surface area (Å²) in [4.78, 5) is 11.9. The largest absolute Gasteiger partial charge is 0.495 e. The Morgan fingerprint density at radius 1 is 1.18 bits per heavy atom. The van der Waals surface area contributed by atoms with Gasteiger partial charge in [0.05, 0.1) is 19.3 Å². The van der Waals surface area contributed by atoms with Crippen molar-refractivity contribution in [2.75, 3.05) is 19.0 Å². The first kappa shape index (κ1) is 16.5.